The van der Waals surface area contributed by atoms with Crippen LogP contribution in [0.1, 0.15) is 30.7 Å². The minimum Gasteiger partial charge on any atom is -0.423 e. The van der Waals surface area contributed by atoms with E-state index in [0.717, 1.165) is 4.90 Å². The monoisotopic (exact) mass is 320 g/mol. The van der Waals surface area contributed by atoms with Gasteiger partial charge in [0.05, 0.1) is 0 Å². The number of likely N-dealkylation sites (tertiary alicyclic amines) is 1. The second kappa shape index (κ2) is 5.76. The summed E-state index contributed by atoms with van der Waals surface area (Å²) in [4.78, 5) is 25.5. The number of hydrogen-bond acceptors (Lipinski definition) is 5. The number of halogens is 1. The minimum absolute atomic E-state index is 0.264. The van der Waals surface area contributed by atoms with Crippen molar-refractivity contribution in [2.24, 2.45) is 0 Å². The Morgan fingerprint density at radius 1 is 1.36 bits per heavy atom. The SMILES string of the molecule is Cc1nnc(C2CCC(=O)N2C(=O)Nc2ccc(Cl)cc2)o1. The van der Waals surface area contributed by atoms with Crippen LogP contribution in [0.15, 0.2) is 28.7 Å². The summed E-state index contributed by atoms with van der Waals surface area (Å²) in [5, 5.41) is 10.9. The van der Waals surface area contributed by atoms with Crippen molar-refractivity contribution in [2.45, 2.75) is 25.8 Å². The second-order valence-electron chi connectivity index (χ2n) is 4.91. The van der Waals surface area contributed by atoms with E-state index in [1.807, 2.05) is 0 Å². The van der Waals surface area contributed by atoms with Crippen LogP contribution in [0.3, 0.4) is 0 Å². The summed E-state index contributed by atoms with van der Waals surface area (Å²) < 4.78 is 5.35. The second-order valence-corrected chi connectivity index (χ2v) is 5.35. The molecule has 1 aliphatic rings. The van der Waals surface area contributed by atoms with Gasteiger partial charge in [0.1, 0.15) is 6.04 Å². The van der Waals surface area contributed by atoms with Gasteiger partial charge in [0, 0.05) is 24.1 Å². The highest BCUT2D eigenvalue weighted by Crippen LogP contribution is 2.32. The van der Waals surface area contributed by atoms with E-state index >= 15 is 0 Å². The van der Waals surface area contributed by atoms with Crippen molar-refractivity contribution >= 4 is 29.2 Å². The van der Waals surface area contributed by atoms with Crippen molar-refractivity contribution in [3.8, 4) is 0 Å². The fourth-order valence-corrected chi connectivity index (χ4v) is 2.46. The molecule has 0 bridgehead atoms. The van der Waals surface area contributed by atoms with Crippen LogP contribution in [0.4, 0.5) is 10.5 Å². The molecule has 8 heteroatoms. The Kier molecular flexibility index (Phi) is 3.81. The predicted octanol–water partition coefficient (Wildman–Crippen LogP) is 2.93. The molecule has 1 saturated heterocycles. The number of urea groups is 1. The van der Waals surface area contributed by atoms with Crippen LogP contribution < -0.4 is 5.32 Å². The number of nitrogens with zero attached hydrogens (tertiary/aromatic N) is 3. The van der Waals surface area contributed by atoms with Gasteiger partial charge in [-0.3, -0.25) is 9.69 Å². The largest absolute Gasteiger partial charge is 0.423 e. The molecule has 2 heterocycles. The van der Waals surface area contributed by atoms with Crippen molar-refractivity contribution in [3.05, 3.63) is 41.1 Å². The number of hydrogen-bond donors (Lipinski definition) is 1. The molecule has 1 unspecified atom stereocenters. The molecule has 1 aromatic heterocycles. The summed E-state index contributed by atoms with van der Waals surface area (Å²) in [6.07, 6.45) is 0.731. The number of anilines is 1. The Morgan fingerprint density at radius 3 is 2.73 bits per heavy atom. The van der Waals surface area contributed by atoms with Gasteiger partial charge in [-0.25, -0.2) is 4.79 Å². The number of nitrogens with one attached hydrogen (secondary N) is 1. The molecule has 1 aliphatic heterocycles. The average Bonchev–Trinajstić information content (AvgIpc) is 3.07. The summed E-state index contributed by atoms with van der Waals surface area (Å²) in [5.41, 5.74) is 0.551. The van der Waals surface area contributed by atoms with Gasteiger partial charge < -0.3 is 9.73 Å². The van der Waals surface area contributed by atoms with Crippen LogP contribution in [0, 0.1) is 6.92 Å². The quantitative estimate of drug-likeness (QED) is 0.919. The molecule has 0 saturated carbocycles. The van der Waals surface area contributed by atoms with Crippen LogP contribution in [0.5, 0.6) is 0 Å². The molecule has 0 radical (unpaired) electrons. The van der Waals surface area contributed by atoms with E-state index in [4.69, 9.17) is 16.0 Å². The summed E-state index contributed by atoms with van der Waals surface area (Å²) in [6, 6.07) is 5.58. The fraction of sp³-hybridized carbons (Fsp3) is 0.286. The van der Waals surface area contributed by atoms with E-state index in [-0.39, 0.29) is 18.2 Å². The summed E-state index contributed by atoms with van der Waals surface area (Å²) >= 11 is 5.80. The molecule has 0 spiro atoms. The van der Waals surface area contributed by atoms with Crippen LogP contribution in [0.2, 0.25) is 5.02 Å². The maximum Gasteiger partial charge on any atom is 0.329 e. The van der Waals surface area contributed by atoms with Crippen molar-refractivity contribution < 1.29 is 14.0 Å². The molecule has 1 aromatic carbocycles. The lowest BCUT2D eigenvalue weighted by Gasteiger charge is -2.20. The van der Waals surface area contributed by atoms with Crippen LogP contribution in [0.25, 0.3) is 0 Å². The first-order chi connectivity index (χ1) is 10.5. The number of imide groups is 1. The standard InChI is InChI=1S/C14H13ClN4O3/c1-8-17-18-13(22-8)11-6-7-12(20)19(11)14(21)16-10-4-2-9(15)3-5-10/h2-5,11H,6-7H2,1H3,(H,16,21). The summed E-state index contributed by atoms with van der Waals surface area (Å²) in [7, 11) is 0. The Balaban J connectivity index is 1.79. The van der Waals surface area contributed by atoms with Gasteiger partial charge >= 0.3 is 6.03 Å². The maximum atomic E-state index is 12.4. The Hall–Kier alpha value is -2.41. The molecular weight excluding hydrogens is 308 g/mol. The van der Waals surface area contributed by atoms with Crippen molar-refractivity contribution in [1.82, 2.24) is 15.1 Å². The summed E-state index contributed by atoms with van der Waals surface area (Å²) in [6.45, 7) is 1.66. The molecule has 1 N–H and O–H groups in total. The third-order valence-corrected chi connectivity index (χ3v) is 3.60. The van der Waals surface area contributed by atoms with Crippen molar-refractivity contribution in [2.75, 3.05) is 5.32 Å². The zero-order valence-electron chi connectivity index (χ0n) is 11.7. The molecule has 2 aromatic rings. The lowest BCUT2D eigenvalue weighted by atomic mass is 10.2. The fourth-order valence-electron chi connectivity index (χ4n) is 2.34. The number of carbonyl (C=O) groups excluding carboxylic acids is 2. The van der Waals surface area contributed by atoms with Gasteiger partial charge in [0.2, 0.25) is 17.7 Å². The number of aromatic nitrogens is 2. The normalized spacial score (nSPS) is 17.8. The summed E-state index contributed by atoms with van der Waals surface area (Å²) in [5.74, 6) is 0.398. The van der Waals surface area contributed by atoms with Gasteiger partial charge in [0.15, 0.2) is 0 Å². The van der Waals surface area contributed by atoms with Gasteiger partial charge in [-0.1, -0.05) is 11.6 Å². The zero-order valence-corrected chi connectivity index (χ0v) is 12.5. The van der Waals surface area contributed by atoms with Gasteiger partial charge in [-0.15, -0.1) is 10.2 Å². The van der Waals surface area contributed by atoms with E-state index in [1.165, 1.54) is 0 Å². The topological polar surface area (TPSA) is 88.3 Å². The molecule has 3 amide bonds. The molecule has 0 aliphatic carbocycles. The lowest BCUT2D eigenvalue weighted by molar-refractivity contribution is -0.126. The predicted molar refractivity (Wildman–Crippen MR) is 78.3 cm³/mol. The molecular formula is C14H13ClN4O3. The van der Waals surface area contributed by atoms with E-state index in [0.29, 0.717) is 23.0 Å². The van der Waals surface area contributed by atoms with Gasteiger partial charge in [-0.05, 0) is 30.7 Å². The van der Waals surface area contributed by atoms with E-state index in [2.05, 4.69) is 15.5 Å². The van der Waals surface area contributed by atoms with E-state index < -0.39 is 12.1 Å². The highest BCUT2D eigenvalue weighted by atomic mass is 35.5. The highest BCUT2D eigenvalue weighted by molar-refractivity contribution is 6.30. The highest BCUT2D eigenvalue weighted by Gasteiger charge is 2.40. The van der Waals surface area contributed by atoms with E-state index in [9.17, 15) is 9.59 Å². The Bertz CT molecular complexity index is 713. The number of benzene rings is 1. The number of aryl methyl sites for hydroxylation is 1. The first-order valence-corrected chi connectivity index (χ1v) is 7.11. The lowest BCUT2D eigenvalue weighted by Crippen LogP contribution is -2.37. The molecule has 3 rings (SSSR count). The molecule has 1 atom stereocenters. The minimum atomic E-state index is -0.527. The zero-order chi connectivity index (χ0) is 15.7. The molecule has 1 fully saturated rings. The molecule has 7 nitrogen and oxygen atoms in total. The van der Waals surface area contributed by atoms with Crippen molar-refractivity contribution in [1.29, 1.82) is 0 Å². The first-order valence-electron chi connectivity index (χ1n) is 6.73. The van der Waals surface area contributed by atoms with Crippen LogP contribution in [-0.4, -0.2) is 27.0 Å². The van der Waals surface area contributed by atoms with Gasteiger partial charge in [0.25, 0.3) is 0 Å². The third-order valence-electron chi connectivity index (χ3n) is 3.35. The van der Waals surface area contributed by atoms with Crippen LogP contribution >= 0.6 is 11.6 Å². The van der Waals surface area contributed by atoms with Crippen LogP contribution in [-0.2, 0) is 4.79 Å². The smallest absolute Gasteiger partial charge is 0.329 e. The Labute approximate surface area is 131 Å². The average molecular weight is 321 g/mol. The number of amides is 3. The maximum absolute atomic E-state index is 12.4. The third kappa shape index (κ3) is 2.80. The van der Waals surface area contributed by atoms with Crippen molar-refractivity contribution in [3.63, 3.8) is 0 Å². The number of carbonyl (C=O) groups is 2. The van der Waals surface area contributed by atoms with Gasteiger partial charge in [-0.2, -0.15) is 0 Å². The first kappa shape index (κ1) is 14.5. The molecule has 114 valence electrons. The number of rotatable bonds is 2. The Morgan fingerprint density at radius 2 is 2.09 bits per heavy atom. The molecule has 22 heavy (non-hydrogen) atoms. The van der Waals surface area contributed by atoms with E-state index in [1.54, 1.807) is 31.2 Å².